The molecule has 7 rings (SSSR count). The number of aromatic nitrogens is 2. The quantitative estimate of drug-likeness (QED) is 0.0363. The molecule has 72 heavy (non-hydrogen) atoms. The Morgan fingerprint density at radius 2 is 0.792 bits per heavy atom. The van der Waals surface area contributed by atoms with Crippen molar-refractivity contribution >= 4 is 78.0 Å². The van der Waals surface area contributed by atoms with Gasteiger partial charge in [-0.25, -0.2) is 26.0 Å². The Hall–Kier alpha value is -8.30. The monoisotopic (exact) mass is 1010 g/mol. The fourth-order valence-electron chi connectivity index (χ4n) is 6.60. The van der Waals surface area contributed by atoms with Crippen molar-refractivity contribution in [3.8, 4) is 0 Å². The summed E-state index contributed by atoms with van der Waals surface area (Å²) < 4.78 is 66.3. The molecule has 18 nitrogen and oxygen atoms in total. The van der Waals surface area contributed by atoms with Crippen LogP contribution in [0.2, 0.25) is 0 Å². The highest BCUT2D eigenvalue weighted by atomic mass is 32.2. The first-order chi connectivity index (χ1) is 34.1. The molecule has 0 unspecified atom stereocenters. The molecule has 5 aromatic carbocycles. The molecule has 4 amide bonds. The Bertz CT molecular complexity index is 3060. The third-order valence-electron chi connectivity index (χ3n) is 10.3. The maximum atomic E-state index is 13.0. The SMILES string of the molecule is CCC[n+]1cccc(NC(=O)c2ccc(NC(=O)c3ccc(C(=O)Nc4ccc(C(=O)Nc5ccc[n+](CCC)c5)cc4N)cc3)c(N)c2)c1.Cc1ccc(S(=O)(=O)[O-])cc1.Cc1ccc(S(=O)(=O)[O-])cc1. The molecule has 0 aliphatic carbocycles. The second-order valence-electron chi connectivity index (χ2n) is 16.2. The highest BCUT2D eigenvalue weighted by molar-refractivity contribution is 7.86. The molecule has 0 saturated heterocycles. The molecule has 0 radical (unpaired) electrons. The van der Waals surface area contributed by atoms with E-state index in [1.54, 1.807) is 60.7 Å². The van der Waals surface area contributed by atoms with E-state index in [1.807, 2.05) is 59.9 Å². The van der Waals surface area contributed by atoms with Gasteiger partial charge in [0.15, 0.2) is 24.8 Å². The van der Waals surface area contributed by atoms with E-state index >= 15 is 0 Å². The van der Waals surface area contributed by atoms with Crippen LogP contribution >= 0.6 is 0 Å². The molecule has 2 heterocycles. The molecule has 2 aromatic heterocycles. The average molecular weight is 1020 g/mol. The van der Waals surface area contributed by atoms with Crippen molar-refractivity contribution < 1.29 is 54.3 Å². The lowest BCUT2D eigenvalue weighted by Gasteiger charge is -2.12. The van der Waals surface area contributed by atoms with Crippen LogP contribution in [-0.2, 0) is 33.3 Å². The summed E-state index contributed by atoms with van der Waals surface area (Å²) in [6.45, 7) is 9.47. The molecule has 20 heteroatoms. The summed E-state index contributed by atoms with van der Waals surface area (Å²) in [5.41, 5.74) is 17.9. The zero-order valence-electron chi connectivity index (χ0n) is 39.8. The smallest absolute Gasteiger partial charge is 0.255 e. The molecule has 0 aliphatic heterocycles. The number of aryl methyl sites for hydroxylation is 4. The van der Waals surface area contributed by atoms with Crippen LogP contribution in [0.5, 0.6) is 0 Å². The fourth-order valence-corrected chi connectivity index (χ4v) is 7.54. The molecule has 0 spiro atoms. The molecule has 0 bridgehead atoms. The van der Waals surface area contributed by atoms with Crippen LogP contribution in [0.3, 0.4) is 0 Å². The molecule has 8 N–H and O–H groups in total. The second-order valence-corrected chi connectivity index (χ2v) is 19.0. The maximum absolute atomic E-state index is 13.0. The summed E-state index contributed by atoms with van der Waals surface area (Å²) in [6.07, 6.45) is 9.52. The number of hydrogen-bond acceptors (Lipinski definition) is 12. The van der Waals surface area contributed by atoms with Crippen LogP contribution in [0.1, 0.15) is 79.2 Å². The van der Waals surface area contributed by atoms with Gasteiger partial charge in [0.2, 0.25) is 0 Å². The fraction of sp³-hybridized carbons (Fsp3) is 0.154. The van der Waals surface area contributed by atoms with Crippen LogP contribution in [0, 0.1) is 13.8 Å². The van der Waals surface area contributed by atoms with Crippen molar-refractivity contribution in [3.05, 3.63) is 192 Å². The van der Waals surface area contributed by atoms with Crippen molar-refractivity contribution in [1.29, 1.82) is 0 Å². The second kappa shape index (κ2) is 25.0. The van der Waals surface area contributed by atoms with E-state index in [-0.39, 0.29) is 33.0 Å². The Balaban J connectivity index is 0.000000357. The van der Waals surface area contributed by atoms with Gasteiger partial charge in [-0.2, -0.15) is 0 Å². The largest absolute Gasteiger partial charge is 0.744 e. The first-order valence-electron chi connectivity index (χ1n) is 22.3. The Morgan fingerprint density at radius 3 is 1.10 bits per heavy atom. The minimum Gasteiger partial charge on any atom is -0.744 e. The van der Waals surface area contributed by atoms with Gasteiger partial charge in [-0.3, -0.25) is 19.2 Å². The zero-order chi connectivity index (χ0) is 52.6. The van der Waals surface area contributed by atoms with E-state index in [0.717, 1.165) is 37.1 Å². The Kier molecular flexibility index (Phi) is 19.0. The molecular weight excluding hydrogens is 961 g/mol. The Morgan fingerprint density at radius 1 is 0.472 bits per heavy atom. The molecule has 0 saturated carbocycles. The Labute approximate surface area is 418 Å². The number of nitrogens with zero attached hydrogens (tertiary/aromatic N) is 2. The van der Waals surface area contributed by atoms with Crippen LogP contribution in [-0.4, -0.2) is 49.6 Å². The number of anilines is 6. The minimum atomic E-state index is -4.27. The van der Waals surface area contributed by atoms with E-state index in [2.05, 4.69) is 35.1 Å². The average Bonchev–Trinajstić information content (AvgIpc) is 3.33. The third-order valence-corrected chi connectivity index (χ3v) is 12.0. The van der Waals surface area contributed by atoms with E-state index < -0.39 is 32.1 Å². The first kappa shape index (κ1) is 54.6. The molecule has 0 atom stereocenters. The lowest BCUT2D eigenvalue weighted by molar-refractivity contribution is -0.696. The van der Waals surface area contributed by atoms with Crippen LogP contribution in [0.25, 0.3) is 0 Å². The van der Waals surface area contributed by atoms with Crippen molar-refractivity contribution in [2.75, 3.05) is 32.7 Å². The van der Waals surface area contributed by atoms with Crippen LogP contribution in [0.4, 0.5) is 34.1 Å². The summed E-state index contributed by atoms with van der Waals surface area (Å²) in [5.74, 6) is -1.55. The number of rotatable bonds is 14. The number of carbonyl (C=O) groups is 4. The lowest BCUT2D eigenvalue weighted by atomic mass is 10.1. The molecule has 0 aliphatic rings. The molecule has 0 fully saturated rings. The van der Waals surface area contributed by atoms with Gasteiger partial charge < -0.3 is 41.8 Å². The summed E-state index contributed by atoms with van der Waals surface area (Å²) in [4.78, 5) is 51.2. The van der Waals surface area contributed by atoms with Gasteiger partial charge in [0.1, 0.15) is 44.7 Å². The van der Waals surface area contributed by atoms with E-state index in [1.165, 1.54) is 60.7 Å². The molecular formula is C52H54N8O10S2. The van der Waals surface area contributed by atoms with E-state index in [4.69, 9.17) is 11.5 Å². The van der Waals surface area contributed by atoms with Gasteiger partial charge in [-0.05, 0) is 111 Å². The highest BCUT2D eigenvalue weighted by Crippen LogP contribution is 2.24. The summed E-state index contributed by atoms with van der Waals surface area (Å²) in [7, 11) is -8.54. The molecule has 7 aromatic rings. The molecule has 374 valence electrons. The number of carbonyl (C=O) groups excluding carboxylic acids is 4. The van der Waals surface area contributed by atoms with Gasteiger partial charge in [0.25, 0.3) is 23.6 Å². The number of benzene rings is 5. The number of amides is 4. The highest BCUT2D eigenvalue weighted by Gasteiger charge is 2.16. The van der Waals surface area contributed by atoms with E-state index in [0.29, 0.717) is 45.0 Å². The van der Waals surface area contributed by atoms with Gasteiger partial charge in [0.05, 0.1) is 32.5 Å². The topological polar surface area (TPSA) is 291 Å². The van der Waals surface area contributed by atoms with Gasteiger partial charge in [-0.1, -0.05) is 49.2 Å². The van der Waals surface area contributed by atoms with Gasteiger partial charge >= 0.3 is 0 Å². The number of pyridine rings is 2. The van der Waals surface area contributed by atoms with Crippen molar-refractivity contribution in [2.45, 2.75) is 63.4 Å². The number of nitrogens with two attached hydrogens (primary N) is 2. The number of nitrogen functional groups attached to an aromatic ring is 2. The first-order valence-corrected chi connectivity index (χ1v) is 25.1. The normalized spacial score (nSPS) is 10.9. The van der Waals surface area contributed by atoms with Crippen molar-refractivity contribution in [2.24, 2.45) is 0 Å². The maximum Gasteiger partial charge on any atom is 0.255 e. The van der Waals surface area contributed by atoms with Crippen LogP contribution in [0.15, 0.2) is 168 Å². The van der Waals surface area contributed by atoms with Crippen LogP contribution < -0.4 is 41.9 Å². The number of hydrogen-bond donors (Lipinski definition) is 6. The van der Waals surface area contributed by atoms with Gasteiger partial charge in [0, 0.05) is 47.2 Å². The predicted molar refractivity (Wildman–Crippen MR) is 272 cm³/mol. The summed E-state index contributed by atoms with van der Waals surface area (Å²) >= 11 is 0. The van der Waals surface area contributed by atoms with Crippen molar-refractivity contribution in [3.63, 3.8) is 0 Å². The third kappa shape index (κ3) is 16.4. The zero-order valence-corrected chi connectivity index (χ0v) is 41.4. The van der Waals surface area contributed by atoms with Crippen molar-refractivity contribution in [1.82, 2.24) is 0 Å². The standard InChI is InChI=1S/C38H38N8O4.2C7H8O3S/c1-3-17-45-19-5-7-29(23-45)41-37(49)27-13-15-33(31(39)21-27)43-35(47)25-9-11-26(12-10-25)36(48)44-34-16-14-28(22-32(34)40)38(50)42-30-8-6-20-46(24-30)18-4-2;2*1-6-2-4-7(5-3-6)11(8,9)10/h5-16,19-24H,3-4,17-18H2,1-2H3,(H6-2,39,40,41,42,43,44,47,48,49,50);2*2-5H,1H3,(H,8,9,10). The lowest BCUT2D eigenvalue weighted by Crippen LogP contribution is -2.33. The summed E-state index contributed by atoms with van der Waals surface area (Å²) in [5, 5.41) is 11.2. The van der Waals surface area contributed by atoms with E-state index in [9.17, 15) is 45.1 Å². The minimum absolute atomic E-state index is 0.178. The predicted octanol–water partition coefficient (Wildman–Crippen LogP) is 7.05. The van der Waals surface area contributed by atoms with Gasteiger partial charge in [-0.15, -0.1) is 0 Å². The summed E-state index contributed by atoms with van der Waals surface area (Å²) in [6, 6.07) is 34.2. The number of nitrogens with one attached hydrogen (secondary N) is 4.